The average molecular weight is 244 g/mol. The molecule has 5 heteroatoms. The quantitative estimate of drug-likeness (QED) is 0.747. The van der Waals surface area contributed by atoms with Crippen LogP contribution in [0.4, 0.5) is 5.69 Å². The number of benzene rings is 1. The van der Waals surface area contributed by atoms with Crippen LogP contribution in [-0.2, 0) is 4.79 Å². The Balaban J connectivity index is 1.77. The molecule has 1 amide bonds. The van der Waals surface area contributed by atoms with Gasteiger partial charge in [0.2, 0.25) is 5.91 Å². The van der Waals surface area contributed by atoms with Crippen molar-refractivity contribution >= 4 is 22.5 Å². The molecule has 3 rings (SSSR count). The zero-order chi connectivity index (χ0) is 12.5. The van der Waals surface area contributed by atoms with Gasteiger partial charge in [-0.2, -0.15) is 5.10 Å². The second-order valence-corrected chi connectivity index (χ2v) is 4.90. The van der Waals surface area contributed by atoms with Crippen molar-refractivity contribution in [2.24, 2.45) is 11.8 Å². The smallest absolute Gasteiger partial charge is 0.229 e. The summed E-state index contributed by atoms with van der Waals surface area (Å²) < 4.78 is 0. The largest absolute Gasteiger partial charge is 0.326 e. The Morgan fingerprint density at radius 2 is 2.33 bits per heavy atom. The highest BCUT2D eigenvalue weighted by atomic mass is 16.1. The summed E-state index contributed by atoms with van der Waals surface area (Å²) >= 11 is 0. The Labute approximate surface area is 105 Å². The summed E-state index contributed by atoms with van der Waals surface area (Å²) in [4.78, 5) is 12.1. The number of amides is 1. The molecule has 0 aliphatic carbocycles. The lowest BCUT2D eigenvalue weighted by atomic mass is 9.97. The van der Waals surface area contributed by atoms with Crippen LogP contribution in [0.15, 0.2) is 24.4 Å². The predicted octanol–water partition coefficient (Wildman–Crippen LogP) is 1.36. The normalized spacial score (nSPS) is 23.4. The van der Waals surface area contributed by atoms with E-state index >= 15 is 0 Å². The minimum Gasteiger partial charge on any atom is -0.326 e. The highest BCUT2D eigenvalue weighted by Crippen LogP contribution is 2.20. The SMILES string of the molecule is C[C@@H]1CNC[C@H]1C(=O)Nc1ccc2[nH]ncc2c1. The zero-order valence-electron chi connectivity index (χ0n) is 10.2. The number of carbonyl (C=O) groups is 1. The van der Waals surface area contributed by atoms with Gasteiger partial charge >= 0.3 is 0 Å². The first-order valence-electron chi connectivity index (χ1n) is 6.19. The monoisotopic (exact) mass is 244 g/mol. The molecule has 0 spiro atoms. The number of fused-ring (bicyclic) bond motifs is 1. The summed E-state index contributed by atoms with van der Waals surface area (Å²) in [5.41, 5.74) is 1.80. The zero-order valence-corrected chi connectivity index (χ0v) is 10.2. The number of hydrogen-bond acceptors (Lipinski definition) is 3. The Bertz CT molecular complexity index is 577. The fraction of sp³-hybridized carbons (Fsp3) is 0.385. The third-order valence-electron chi connectivity index (χ3n) is 3.56. The van der Waals surface area contributed by atoms with Crippen LogP contribution >= 0.6 is 0 Å². The van der Waals surface area contributed by atoms with Crippen molar-refractivity contribution in [1.29, 1.82) is 0 Å². The molecule has 1 aliphatic heterocycles. The van der Waals surface area contributed by atoms with E-state index < -0.39 is 0 Å². The highest BCUT2D eigenvalue weighted by Gasteiger charge is 2.29. The minimum absolute atomic E-state index is 0.0602. The van der Waals surface area contributed by atoms with Gasteiger partial charge in [0, 0.05) is 17.6 Å². The van der Waals surface area contributed by atoms with Gasteiger partial charge in [0.25, 0.3) is 0 Å². The summed E-state index contributed by atoms with van der Waals surface area (Å²) in [6.07, 6.45) is 1.75. The maximum Gasteiger partial charge on any atom is 0.229 e. The van der Waals surface area contributed by atoms with Gasteiger partial charge in [0.1, 0.15) is 0 Å². The van der Waals surface area contributed by atoms with Crippen LogP contribution in [0, 0.1) is 11.8 Å². The van der Waals surface area contributed by atoms with Gasteiger partial charge in [-0.1, -0.05) is 6.92 Å². The number of nitrogens with one attached hydrogen (secondary N) is 3. The average Bonchev–Trinajstić information content (AvgIpc) is 2.96. The topological polar surface area (TPSA) is 69.8 Å². The molecular weight excluding hydrogens is 228 g/mol. The molecule has 1 aromatic heterocycles. The van der Waals surface area contributed by atoms with Crippen molar-refractivity contribution in [2.75, 3.05) is 18.4 Å². The lowest BCUT2D eigenvalue weighted by molar-refractivity contribution is -0.120. The fourth-order valence-corrected chi connectivity index (χ4v) is 2.42. The lowest BCUT2D eigenvalue weighted by Gasteiger charge is -2.14. The van der Waals surface area contributed by atoms with Crippen molar-refractivity contribution in [3.05, 3.63) is 24.4 Å². The maximum absolute atomic E-state index is 12.1. The number of aromatic amines is 1. The van der Waals surface area contributed by atoms with Crippen LogP contribution in [0.5, 0.6) is 0 Å². The summed E-state index contributed by atoms with van der Waals surface area (Å²) in [5, 5.41) is 14.1. The van der Waals surface area contributed by atoms with Gasteiger partial charge in [-0.25, -0.2) is 0 Å². The summed E-state index contributed by atoms with van der Waals surface area (Å²) in [6, 6.07) is 5.75. The molecule has 5 nitrogen and oxygen atoms in total. The van der Waals surface area contributed by atoms with E-state index in [0.717, 1.165) is 29.7 Å². The molecule has 0 saturated carbocycles. The number of rotatable bonds is 2. The molecule has 2 aromatic rings. The lowest BCUT2D eigenvalue weighted by Crippen LogP contribution is -2.27. The highest BCUT2D eigenvalue weighted by molar-refractivity contribution is 5.95. The Morgan fingerprint density at radius 1 is 1.44 bits per heavy atom. The molecule has 2 atom stereocenters. The molecule has 18 heavy (non-hydrogen) atoms. The third kappa shape index (κ3) is 1.97. The third-order valence-corrected chi connectivity index (χ3v) is 3.56. The van der Waals surface area contributed by atoms with Crippen molar-refractivity contribution in [1.82, 2.24) is 15.5 Å². The summed E-state index contributed by atoms with van der Waals surface area (Å²) in [7, 11) is 0. The molecule has 1 saturated heterocycles. The van der Waals surface area contributed by atoms with Crippen LogP contribution in [0.2, 0.25) is 0 Å². The number of H-pyrrole nitrogens is 1. The molecule has 2 heterocycles. The Hall–Kier alpha value is -1.88. The van der Waals surface area contributed by atoms with Gasteiger partial charge in [0.15, 0.2) is 0 Å². The summed E-state index contributed by atoms with van der Waals surface area (Å²) in [6.45, 7) is 3.78. The molecular formula is C13H16N4O. The first-order valence-corrected chi connectivity index (χ1v) is 6.19. The molecule has 3 N–H and O–H groups in total. The van der Waals surface area contributed by atoms with E-state index in [4.69, 9.17) is 0 Å². The second kappa shape index (κ2) is 4.42. The van der Waals surface area contributed by atoms with Crippen molar-refractivity contribution in [3.8, 4) is 0 Å². The number of hydrogen-bond donors (Lipinski definition) is 3. The van der Waals surface area contributed by atoms with E-state index in [1.165, 1.54) is 0 Å². The Kier molecular flexibility index (Phi) is 2.76. The van der Waals surface area contributed by atoms with Crippen LogP contribution in [0.25, 0.3) is 10.9 Å². The predicted molar refractivity (Wildman–Crippen MR) is 70.2 cm³/mol. The fourth-order valence-electron chi connectivity index (χ4n) is 2.42. The van der Waals surface area contributed by atoms with Gasteiger partial charge in [0.05, 0.1) is 17.6 Å². The van der Waals surface area contributed by atoms with E-state index in [1.54, 1.807) is 6.20 Å². The van der Waals surface area contributed by atoms with E-state index in [1.807, 2.05) is 18.2 Å². The van der Waals surface area contributed by atoms with Crippen LogP contribution < -0.4 is 10.6 Å². The van der Waals surface area contributed by atoms with Gasteiger partial charge in [-0.3, -0.25) is 9.89 Å². The first kappa shape index (κ1) is 11.2. The van der Waals surface area contributed by atoms with Gasteiger partial charge in [-0.15, -0.1) is 0 Å². The van der Waals surface area contributed by atoms with E-state index in [2.05, 4.69) is 27.8 Å². The number of anilines is 1. The van der Waals surface area contributed by atoms with Crippen molar-refractivity contribution in [3.63, 3.8) is 0 Å². The number of aromatic nitrogens is 2. The molecule has 0 bridgehead atoms. The summed E-state index contributed by atoms with van der Waals surface area (Å²) in [5.74, 6) is 0.544. The first-order chi connectivity index (χ1) is 8.74. The van der Waals surface area contributed by atoms with Crippen LogP contribution in [0.1, 0.15) is 6.92 Å². The molecule has 0 radical (unpaired) electrons. The number of nitrogens with zero attached hydrogens (tertiary/aromatic N) is 1. The van der Waals surface area contributed by atoms with Crippen molar-refractivity contribution in [2.45, 2.75) is 6.92 Å². The van der Waals surface area contributed by atoms with E-state index in [9.17, 15) is 4.79 Å². The maximum atomic E-state index is 12.1. The van der Waals surface area contributed by atoms with Gasteiger partial charge < -0.3 is 10.6 Å². The second-order valence-electron chi connectivity index (χ2n) is 4.90. The van der Waals surface area contributed by atoms with E-state index in [0.29, 0.717) is 5.92 Å². The molecule has 1 fully saturated rings. The minimum atomic E-state index is 0.0602. The molecule has 1 aromatic carbocycles. The Morgan fingerprint density at radius 3 is 3.11 bits per heavy atom. The molecule has 94 valence electrons. The van der Waals surface area contributed by atoms with Crippen molar-refractivity contribution < 1.29 is 4.79 Å². The molecule has 1 aliphatic rings. The van der Waals surface area contributed by atoms with E-state index in [-0.39, 0.29) is 11.8 Å². The van der Waals surface area contributed by atoms with Gasteiger partial charge in [-0.05, 0) is 30.7 Å². The number of carbonyl (C=O) groups excluding carboxylic acids is 1. The van der Waals surface area contributed by atoms with Crippen LogP contribution in [0.3, 0.4) is 0 Å². The van der Waals surface area contributed by atoms with Crippen LogP contribution in [-0.4, -0.2) is 29.2 Å². The molecule has 0 unspecified atom stereocenters. The standard InChI is InChI=1S/C13H16N4O/c1-8-5-14-7-11(8)13(18)16-10-2-3-12-9(4-10)6-15-17-12/h2-4,6,8,11,14H,5,7H2,1H3,(H,15,17)(H,16,18)/t8-,11-/m1/s1.